The molecule has 4 heteroatoms. The molecule has 1 rings (SSSR count). The molecule has 1 aliphatic carbocycles. The molecule has 28 heavy (non-hydrogen) atoms. The fourth-order valence-electron chi connectivity index (χ4n) is 4.83. The van der Waals surface area contributed by atoms with Crippen LogP contribution < -0.4 is 0 Å². The molecule has 0 bridgehead atoms. The number of rotatable bonds is 19. The Hall–Kier alpha value is -1.06. The lowest BCUT2D eigenvalue weighted by molar-refractivity contribution is -0.144. The largest absolute Gasteiger partial charge is 0.481 e. The van der Waals surface area contributed by atoms with E-state index in [4.69, 9.17) is 5.11 Å². The fourth-order valence-corrected chi connectivity index (χ4v) is 4.83. The van der Waals surface area contributed by atoms with Crippen LogP contribution in [0.1, 0.15) is 123 Å². The van der Waals surface area contributed by atoms with Crippen molar-refractivity contribution < 1.29 is 19.8 Å². The molecule has 0 aromatic carbocycles. The molecule has 0 aromatic rings. The van der Waals surface area contributed by atoms with Crippen LogP contribution in [0.5, 0.6) is 0 Å². The Bertz CT molecular complexity index is 442. The van der Waals surface area contributed by atoms with E-state index < -0.39 is 11.9 Å². The maximum atomic E-state index is 11.7. The van der Waals surface area contributed by atoms with Gasteiger partial charge in [-0.3, -0.25) is 9.59 Å². The lowest BCUT2D eigenvalue weighted by atomic mass is 9.74. The maximum absolute atomic E-state index is 11.7. The summed E-state index contributed by atoms with van der Waals surface area (Å²) in [5, 5.41) is 18.3. The van der Waals surface area contributed by atoms with E-state index in [-0.39, 0.29) is 23.7 Å². The van der Waals surface area contributed by atoms with Crippen LogP contribution in [-0.4, -0.2) is 22.2 Å². The number of hydrogen-bond acceptors (Lipinski definition) is 2. The SMILES string of the molecule is CCCCCCCCCCCC(C(C)C(=O)O)C1(CCCCCC(=O)O)CC1. The molecule has 0 spiro atoms. The number of hydrogen-bond donors (Lipinski definition) is 2. The van der Waals surface area contributed by atoms with Gasteiger partial charge in [-0.1, -0.05) is 84.5 Å². The van der Waals surface area contributed by atoms with Gasteiger partial charge in [0.15, 0.2) is 0 Å². The van der Waals surface area contributed by atoms with Gasteiger partial charge in [-0.15, -0.1) is 0 Å². The number of carboxylic acid groups (broad SMARTS) is 2. The van der Waals surface area contributed by atoms with Crippen LogP contribution in [0.3, 0.4) is 0 Å². The summed E-state index contributed by atoms with van der Waals surface area (Å²) in [5.74, 6) is -1.36. The lowest BCUT2D eigenvalue weighted by Gasteiger charge is -2.30. The van der Waals surface area contributed by atoms with E-state index in [0.717, 1.165) is 51.4 Å². The Morgan fingerprint density at radius 1 is 0.821 bits per heavy atom. The molecular weight excluding hydrogens is 352 g/mol. The van der Waals surface area contributed by atoms with Crippen LogP contribution in [0, 0.1) is 17.3 Å². The van der Waals surface area contributed by atoms with Crippen LogP contribution in [0.15, 0.2) is 0 Å². The monoisotopic (exact) mass is 396 g/mol. The number of unbranched alkanes of at least 4 members (excludes halogenated alkanes) is 10. The quantitative estimate of drug-likeness (QED) is 0.229. The van der Waals surface area contributed by atoms with Crippen LogP contribution in [0.2, 0.25) is 0 Å². The van der Waals surface area contributed by atoms with E-state index >= 15 is 0 Å². The van der Waals surface area contributed by atoms with Gasteiger partial charge in [0.05, 0.1) is 5.92 Å². The standard InChI is InChI=1S/C24H44O4/c1-3-4-5-6-7-8-9-10-12-15-21(20(2)23(27)28)24(18-19-24)17-14-11-13-16-22(25)26/h20-21H,3-19H2,1-2H3,(H,25,26)(H,27,28). The predicted molar refractivity (Wildman–Crippen MR) is 115 cm³/mol. The molecule has 1 saturated carbocycles. The molecule has 2 unspecified atom stereocenters. The van der Waals surface area contributed by atoms with Gasteiger partial charge in [0, 0.05) is 6.42 Å². The minimum atomic E-state index is -0.719. The average Bonchev–Trinajstić information content (AvgIpc) is 3.43. The van der Waals surface area contributed by atoms with Crippen molar-refractivity contribution in [1.82, 2.24) is 0 Å². The summed E-state index contributed by atoms with van der Waals surface area (Å²) in [6.45, 7) is 4.14. The summed E-state index contributed by atoms with van der Waals surface area (Å²) in [6, 6.07) is 0. The lowest BCUT2D eigenvalue weighted by Crippen LogP contribution is -2.29. The molecule has 2 atom stereocenters. The third kappa shape index (κ3) is 9.93. The van der Waals surface area contributed by atoms with Gasteiger partial charge in [0.2, 0.25) is 0 Å². The number of carboxylic acids is 2. The third-order valence-corrected chi connectivity index (χ3v) is 6.86. The molecule has 0 amide bonds. The van der Waals surface area contributed by atoms with Crippen LogP contribution in [-0.2, 0) is 9.59 Å². The first-order valence-electron chi connectivity index (χ1n) is 11.9. The molecule has 1 fully saturated rings. The second kappa shape index (κ2) is 14.0. The first-order chi connectivity index (χ1) is 13.4. The van der Waals surface area contributed by atoms with Crippen molar-refractivity contribution in [2.45, 2.75) is 123 Å². The van der Waals surface area contributed by atoms with Crippen molar-refractivity contribution in [3.63, 3.8) is 0 Å². The number of aliphatic carboxylic acids is 2. The molecule has 164 valence electrons. The molecule has 0 aromatic heterocycles. The zero-order chi connectivity index (χ0) is 20.8. The Morgan fingerprint density at radius 3 is 1.86 bits per heavy atom. The van der Waals surface area contributed by atoms with Crippen molar-refractivity contribution in [3.05, 3.63) is 0 Å². The van der Waals surface area contributed by atoms with Gasteiger partial charge in [0.1, 0.15) is 0 Å². The Kier molecular flexibility index (Phi) is 12.5. The first-order valence-corrected chi connectivity index (χ1v) is 11.9. The fraction of sp³-hybridized carbons (Fsp3) is 0.917. The van der Waals surface area contributed by atoms with Gasteiger partial charge in [-0.05, 0) is 43.4 Å². The summed E-state index contributed by atoms with van der Waals surface area (Å²) in [4.78, 5) is 22.3. The van der Waals surface area contributed by atoms with Gasteiger partial charge in [-0.2, -0.15) is 0 Å². The predicted octanol–water partition coefficient (Wildman–Crippen LogP) is 7.06. The van der Waals surface area contributed by atoms with Crippen LogP contribution in [0.25, 0.3) is 0 Å². The zero-order valence-electron chi connectivity index (χ0n) is 18.4. The number of carbonyl (C=O) groups is 2. The van der Waals surface area contributed by atoms with Gasteiger partial charge < -0.3 is 10.2 Å². The van der Waals surface area contributed by atoms with Gasteiger partial charge in [0.25, 0.3) is 0 Å². The molecule has 0 heterocycles. The maximum Gasteiger partial charge on any atom is 0.306 e. The minimum Gasteiger partial charge on any atom is -0.481 e. The highest BCUT2D eigenvalue weighted by Gasteiger charge is 2.50. The Balaban J connectivity index is 2.32. The second-order valence-electron chi connectivity index (χ2n) is 9.17. The van der Waals surface area contributed by atoms with Crippen molar-refractivity contribution in [2.24, 2.45) is 17.3 Å². The molecule has 4 nitrogen and oxygen atoms in total. The molecular formula is C24H44O4. The van der Waals surface area contributed by atoms with Gasteiger partial charge in [-0.25, -0.2) is 0 Å². The molecule has 2 N–H and O–H groups in total. The van der Waals surface area contributed by atoms with E-state index in [0.29, 0.717) is 0 Å². The second-order valence-corrected chi connectivity index (χ2v) is 9.17. The van der Waals surface area contributed by atoms with Crippen molar-refractivity contribution in [3.8, 4) is 0 Å². The normalized spacial score (nSPS) is 17.2. The highest BCUT2D eigenvalue weighted by Crippen LogP contribution is 2.59. The van der Waals surface area contributed by atoms with Crippen LogP contribution >= 0.6 is 0 Å². The molecule has 0 saturated heterocycles. The summed E-state index contributed by atoms with van der Waals surface area (Å²) in [5.41, 5.74) is 0.223. The molecule has 0 aliphatic heterocycles. The smallest absolute Gasteiger partial charge is 0.306 e. The van der Waals surface area contributed by atoms with Crippen molar-refractivity contribution in [2.75, 3.05) is 0 Å². The topological polar surface area (TPSA) is 74.6 Å². The highest BCUT2D eigenvalue weighted by atomic mass is 16.4. The van der Waals surface area contributed by atoms with E-state index in [2.05, 4.69) is 6.92 Å². The van der Waals surface area contributed by atoms with E-state index in [1.54, 1.807) is 0 Å². The van der Waals surface area contributed by atoms with Crippen molar-refractivity contribution >= 4 is 11.9 Å². The van der Waals surface area contributed by atoms with E-state index in [1.807, 2.05) is 6.92 Å². The zero-order valence-corrected chi connectivity index (χ0v) is 18.4. The highest BCUT2D eigenvalue weighted by molar-refractivity contribution is 5.70. The summed E-state index contributed by atoms with van der Waals surface area (Å²) >= 11 is 0. The van der Waals surface area contributed by atoms with E-state index in [1.165, 1.54) is 51.4 Å². The molecule has 0 radical (unpaired) electrons. The van der Waals surface area contributed by atoms with Gasteiger partial charge >= 0.3 is 11.9 Å². The summed E-state index contributed by atoms with van der Waals surface area (Å²) in [7, 11) is 0. The van der Waals surface area contributed by atoms with Crippen LogP contribution in [0.4, 0.5) is 0 Å². The Morgan fingerprint density at radius 2 is 1.36 bits per heavy atom. The van der Waals surface area contributed by atoms with E-state index in [9.17, 15) is 14.7 Å². The third-order valence-electron chi connectivity index (χ3n) is 6.86. The average molecular weight is 397 g/mol. The van der Waals surface area contributed by atoms with Crippen molar-refractivity contribution in [1.29, 1.82) is 0 Å². The Labute approximate surface area is 172 Å². The summed E-state index contributed by atoms with van der Waals surface area (Å²) in [6.07, 6.45) is 19.1. The summed E-state index contributed by atoms with van der Waals surface area (Å²) < 4.78 is 0. The first kappa shape index (κ1) is 25.0. The minimum absolute atomic E-state index is 0.223. The molecule has 1 aliphatic rings.